The molecule has 2 aromatic carbocycles. The lowest BCUT2D eigenvalue weighted by Crippen LogP contribution is -2.50. The van der Waals surface area contributed by atoms with E-state index in [2.05, 4.69) is 89.2 Å². The Morgan fingerprint density at radius 3 is 2.15 bits per heavy atom. The number of carbonyl (C=O) groups excluding carboxylic acids is 5. The standard InChI is InChI=1S/C55H71N7O9S3/c1-5-59(6-2)40-26-28-44-48(37-40)71-49-38-41(60(7-3)8-4)27-29-45(49)54(44)42-19-13-14-20-43(42)55(67)62-34-32-61(33-35-62)53(66)25-16-15-23-51(65)58-46(39-74(68,69)70)47(63)21-11-9-10-12-22-50(64)56-31-36-72-73-52-24-17-18-30-57-52/h13-14,17-20,24,26-30,37-38,46H,5-12,15-16,21-23,25,31-36,39H2,1-4H3,(H2-,56,58,64,65,68,69,70). The molecule has 1 fully saturated rings. The molecule has 2 aliphatic heterocycles. The number of benzene rings is 3. The molecule has 0 spiro atoms. The molecule has 1 atom stereocenters. The Labute approximate surface area is 443 Å². The van der Waals surface area contributed by atoms with Gasteiger partial charge in [-0.25, -0.2) is 18.0 Å². The zero-order valence-corrected chi connectivity index (χ0v) is 45.6. The van der Waals surface area contributed by atoms with E-state index in [0.29, 0.717) is 83.2 Å². The number of piperazine rings is 1. The summed E-state index contributed by atoms with van der Waals surface area (Å²) in [4.78, 5) is 76.0. The number of ketones is 1. The van der Waals surface area contributed by atoms with Gasteiger partial charge in [-0.2, -0.15) is 0 Å². The van der Waals surface area contributed by atoms with Crippen LogP contribution in [-0.2, 0) is 29.3 Å². The monoisotopic (exact) mass is 1070 g/mol. The minimum atomic E-state index is -4.82. The third kappa shape index (κ3) is 16.6. The zero-order valence-electron chi connectivity index (χ0n) is 43.1. The van der Waals surface area contributed by atoms with Gasteiger partial charge in [-0.1, -0.05) is 47.9 Å². The summed E-state index contributed by atoms with van der Waals surface area (Å²) in [5.41, 5.74) is 4.96. The maximum Gasteiger partial charge on any atom is 0.254 e. The normalized spacial score (nSPS) is 13.2. The predicted molar refractivity (Wildman–Crippen MR) is 294 cm³/mol. The number of nitrogens with zero attached hydrogens (tertiary/aromatic N) is 5. The van der Waals surface area contributed by atoms with Gasteiger partial charge in [0.05, 0.1) is 21.9 Å². The molecule has 74 heavy (non-hydrogen) atoms. The molecule has 0 radical (unpaired) electrons. The first-order valence-electron chi connectivity index (χ1n) is 26.0. The van der Waals surface area contributed by atoms with Gasteiger partial charge >= 0.3 is 0 Å². The molecule has 398 valence electrons. The summed E-state index contributed by atoms with van der Waals surface area (Å²) in [6.45, 7) is 13.8. The van der Waals surface area contributed by atoms with Gasteiger partial charge in [0.25, 0.3) is 5.91 Å². The molecule has 1 aliphatic carbocycles. The van der Waals surface area contributed by atoms with Gasteiger partial charge in [0, 0.05) is 123 Å². The number of fused-ring (bicyclic) bond motifs is 2. The van der Waals surface area contributed by atoms with Crippen LogP contribution in [0.3, 0.4) is 0 Å². The fourth-order valence-electron chi connectivity index (χ4n) is 9.28. The van der Waals surface area contributed by atoms with E-state index in [-0.39, 0.29) is 37.0 Å². The number of hydrogen-bond donors (Lipinski definition) is 2. The maximum atomic E-state index is 14.5. The first-order chi connectivity index (χ1) is 35.7. The summed E-state index contributed by atoms with van der Waals surface area (Å²) < 4.78 is 44.0. The second-order valence-electron chi connectivity index (χ2n) is 18.3. The molecule has 1 saturated heterocycles. The highest BCUT2D eigenvalue weighted by Gasteiger charge is 2.29. The van der Waals surface area contributed by atoms with E-state index in [1.165, 1.54) is 0 Å². The van der Waals surface area contributed by atoms with Crippen molar-refractivity contribution in [3.63, 3.8) is 0 Å². The second kappa shape index (κ2) is 28.8. The highest BCUT2D eigenvalue weighted by Crippen LogP contribution is 2.42. The van der Waals surface area contributed by atoms with Gasteiger partial charge in [0.2, 0.25) is 23.1 Å². The third-order valence-electron chi connectivity index (χ3n) is 13.3. The average Bonchev–Trinajstić information content (AvgIpc) is 3.40. The van der Waals surface area contributed by atoms with Crippen molar-refractivity contribution in [2.75, 3.05) is 75.3 Å². The molecular formula is C55H71N7O9S3. The van der Waals surface area contributed by atoms with Crippen LogP contribution in [-0.4, -0.2) is 134 Å². The second-order valence-corrected chi connectivity index (χ2v) is 22.1. The highest BCUT2D eigenvalue weighted by molar-refractivity contribution is 8.76. The summed E-state index contributed by atoms with van der Waals surface area (Å²) in [5.74, 6) is -0.987. The Kier molecular flexibility index (Phi) is 22.4. The molecule has 0 saturated carbocycles. The zero-order chi connectivity index (χ0) is 53.0. The summed E-state index contributed by atoms with van der Waals surface area (Å²) in [6, 6.07) is 24.5. The van der Waals surface area contributed by atoms with E-state index >= 15 is 0 Å². The van der Waals surface area contributed by atoms with Crippen molar-refractivity contribution in [3.05, 3.63) is 96.0 Å². The Balaban J connectivity index is 0.961. The molecule has 1 aromatic heterocycles. The molecule has 16 nitrogen and oxygen atoms in total. The number of amides is 4. The number of pyridine rings is 1. The van der Waals surface area contributed by atoms with Crippen LogP contribution in [0.1, 0.15) is 102 Å². The molecule has 2 N–H and O–H groups in total. The van der Waals surface area contributed by atoms with Crippen molar-refractivity contribution < 1.29 is 41.4 Å². The Bertz CT molecular complexity index is 2840. The van der Waals surface area contributed by atoms with Crippen molar-refractivity contribution in [3.8, 4) is 22.5 Å². The van der Waals surface area contributed by atoms with Crippen LogP contribution in [0.5, 0.6) is 0 Å². The van der Waals surface area contributed by atoms with E-state index < -0.39 is 33.6 Å². The predicted octanol–water partition coefficient (Wildman–Crippen LogP) is 7.60. The molecule has 3 aliphatic rings. The number of rotatable bonds is 28. The van der Waals surface area contributed by atoms with Crippen LogP contribution >= 0.6 is 21.6 Å². The molecule has 4 amide bonds. The fraction of sp³-hybridized carbons (Fsp3) is 0.473. The van der Waals surface area contributed by atoms with Gasteiger partial charge in [-0.15, -0.1) is 0 Å². The summed E-state index contributed by atoms with van der Waals surface area (Å²) in [5, 5.41) is 8.20. The first-order valence-corrected chi connectivity index (χ1v) is 29.9. The number of anilines is 1. The Hall–Kier alpha value is -5.76. The lowest BCUT2D eigenvalue weighted by Gasteiger charge is -2.35. The lowest BCUT2D eigenvalue weighted by molar-refractivity contribution is -0.133. The Morgan fingerprint density at radius 2 is 1.45 bits per heavy atom. The van der Waals surface area contributed by atoms with Gasteiger partial charge in [-0.3, -0.25) is 24.0 Å². The summed E-state index contributed by atoms with van der Waals surface area (Å²) in [6.07, 6.45) is 5.18. The van der Waals surface area contributed by atoms with Crippen molar-refractivity contribution in [2.45, 2.75) is 103 Å². The molecule has 19 heteroatoms. The Morgan fingerprint density at radius 1 is 0.770 bits per heavy atom. The minimum Gasteiger partial charge on any atom is -0.748 e. The van der Waals surface area contributed by atoms with Gasteiger partial charge in [0.15, 0.2) is 5.78 Å². The van der Waals surface area contributed by atoms with Crippen LogP contribution < -0.4 is 25.5 Å². The average molecular weight is 1070 g/mol. The van der Waals surface area contributed by atoms with E-state index in [4.69, 9.17) is 4.42 Å². The van der Waals surface area contributed by atoms with Gasteiger partial charge in [-0.05, 0) is 106 Å². The number of nitrogens with one attached hydrogen (secondary N) is 2. The van der Waals surface area contributed by atoms with Crippen LogP contribution in [0.15, 0.2) is 94.5 Å². The van der Waals surface area contributed by atoms with Crippen LogP contribution in [0.4, 0.5) is 5.69 Å². The van der Waals surface area contributed by atoms with Crippen LogP contribution in [0, 0.1) is 0 Å². The van der Waals surface area contributed by atoms with Gasteiger partial charge < -0.3 is 34.3 Å². The SMILES string of the molecule is CCN(CC)c1ccc2c(-c3ccccc3C(=O)N3CCN(C(=O)CCCCC(=O)NC(CS(=O)(=O)[O-])C(=O)CCCCCCC(=O)NCCSSc4ccccn4)CC3)c3ccc(=[N+](CC)CC)cc-3oc2c1. The molecule has 0 bridgehead atoms. The van der Waals surface area contributed by atoms with Crippen molar-refractivity contribution in [1.82, 2.24) is 30.0 Å². The van der Waals surface area contributed by atoms with Crippen molar-refractivity contribution in [2.24, 2.45) is 0 Å². The topological polar surface area (TPSA) is 205 Å². The lowest BCUT2D eigenvalue weighted by atomic mass is 9.90. The van der Waals surface area contributed by atoms with Gasteiger partial charge in [0.1, 0.15) is 35.5 Å². The first kappa shape index (κ1) is 57.5. The van der Waals surface area contributed by atoms with E-state index in [1.807, 2.05) is 42.5 Å². The van der Waals surface area contributed by atoms with Crippen molar-refractivity contribution in [1.29, 1.82) is 0 Å². The number of carbonyl (C=O) groups is 5. The molecule has 6 rings (SSSR count). The number of Topliss-reactive ketones (excluding diaryl/α,β-unsaturated/α-hetero) is 1. The highest BCUT2D eigenvalue weighted by atomic mass is 33.1. The molecular weight excluding hydrogens is 999 g/mol. The van der Waals surface area contributed by atoms with Crippen molar-refractivity contribution >= 4 is 77.8 Å². The number of unbranched alkanes of at least 4 members (excludes halogenated alkanes) is 4. The molecule has 1 unspecified atom stereocenters. The van der Waals surface area contributed by atoms with E-state index in [1.54, 1.807) is 37.6 Å². The minimum absolute atomic E-state index is 0.0219. The number of aromatic nitrogens is 1. The summed E-state index contributed by atoms with van der Waals surface area (Å²) >= 11 is 0. The third-order valence-corrected chi connectivity index (χ3v) is 16.3. The molecule has 3 aromatic rings. The quantitative estimate of drug-likeness (QED) is 0.0163. The number of hydrogen-bond acceptors (Lipinski definition) is 13. The van der Waals surface area contributed by atoms with E-state index in [0.717, 1.165) is 81.4 Å². The fourth-order valence-corrected chi connectivity index (χ4v) is 11.7. The maximum absolute atomic E-state index is 14.5. The van der Waals surface area contributed by atoms with E-state index in [9.17, 15) is 36.9 Å². The largest absolute Gasteiger partial charge is 0.748 e. The smallest absolute Gasteiger partial charge is 0.254 e. The van der Waals surface area contributed by atoms with Crippen LogP contribution in [0.25, 0.3) is 33.4 Å². The summed E-state index contributed by atoms with van der Waals surface area (Å²) in [7, 11) is -1.67. The van der Waals surface area contributed by atoms with Crippen LogP contribution in [0.2, 0.25) is 0 Å². The molecule has 3 heterocycles.